The summed E-state index contributed by atoms with van der Waals surface area (Å²) in [6.45, 7) is -1.91. The number of carbonyl (C=O) groups excluding carboxylic acids is 2. The van der Waals surface area contributed by atoms with E-state index in [2.05, 4.69) is 0 Å². The molecule has 34 heavy (non-hydrogen) atoms. The van der Waals surface area contributed by atoms with Crippen LogP contribution in [-0.4, -0.2) is 60.2 Å². The second kappa shape index (κ2) is 10.6. The predicted octanol–water partition coefficient (Wildman–Crippen LogP) is 2.66. The lowest BCUT2D eigenvalue weighted by atomic mass is 9.98. The van der Waals surface area contributed by atoms with Gasteiger partial charge in [0.25, 0.3) is 0 Å². The SMILES string of the molecule is O=C(NCC(C(=O)NC(CCO)C(=O)O)C(F)(F)F)OCC1c2ccccc2-c2ccccc21. The maximum atomic E-state index is 13.4. The summed E-state index contributed by atoms with van der Waals surface area (Å²) in [5.41, 5.74) is 3.81. The lowest BCUT2D eigenvalue weighted by Crippen LogP contribution is -2.51. The van der Waals surface area contributed by atoms with Gasteiger partial charge in [0.05, 0.1) is 0 Å². The number of fused-ring (bicyclic) bond motifs is 3. The van der Waals surface area contributed by atoms with Crippen molar-refractivity contribution in [3.63, 3.8) is 0 Å². The minimum absolute atomic E-state index is 0.125. The maximum absolute atomic E-state index is 13.4. The van der Waals surface area contributed by atoms with E-state index in [1.165, 1.54) is 0 Å². The van der Waals surface area contributed by atoms with Gasteiger partial charge in [0.2, 0.25) is 5.91 Å². The minimum Gasteiger partial charge on any atom is -0.480 e. The number of carboxylic acid groups (broad SMARTS) is 1. The van der Waals surface area contributed by atoms with Crippen LogP contribution in [0.1, 0.15) is 23.5 Å². The molecule has 2 aromatic carbocycles. The largest absolute Gasteiger partial charge is 0.480 e. The van der Waals surface area contributed by atoms with E-state index in [4.69, 9.17) is 14.9 Å². The van der Waals surface area contributed by atoms with Crippen molar-refractivity contribution in [2.75, 3.05) is 19.8 Å². The van der Waals surface area contributed by atoms with Gasteiger partial charge in [-0.1, -0.05) is 48.5 Å². The van der Waals surface area contributed by atoms with Gasteiger partial charge in [-0.05, 0) is 22.3 Å². The zero-order valence-corrected chi connectivity index (χ0v) is 17.8. The number of carbonyl (C=O) groups is 3. The molecule has 0 aliphatic heterocycles. The summed E-state index contributed by atoms with van der Waals surface area (Å²) in [7, 11) is 0. The molecule has 0 saturated heterocycles. The van der Waals surface area contributed by atoms with Crippen LogP contribution in [0.25, 0.3) is 11.1 Å². The number of benzene rings is 2. The fourth-order valence-corrected chi connectivity index (χ4v) is 3.85. The van der Waals surface area contributed by atoms with Gasteiger partial charge < -0.3 is 25.6 Å². The number of hydrogen-bond acceptors (Lipinski definition) is 5. The summed E-state index contributed by atoms with van der Waals surface area (Å²) >= 11 is 0. The Kier molecular flexibility index (Phi) is 7.77. The molecule has 0 fully saturated rings. The molecule has 0 aromatic heterocycles. The number of carboxylic acids is 1. The van der Waals surface area contributed by atoms with Crippen molar-refractivity contribution in [3.05, 3.63) is 59.7 Å². The molecular weight excluding hydrogens is 457 g/mol. The van der Waals surface area contributed by atoms with Gasteiger partial charge in [0.15, 0.2) is 5.92 Å². The van der Waals surface area contributed by atoms with Gasteiger partial charge in [-0.25, -0.2) is 9.59 Å². The monoisotopic (exact) mass is 480 g/mol. The average Bonchev–Trinajstić information content (AvgIpc) is 3.10. The Bertz CT molecular complexity index is 1010. The molecule has 3 rings (SSSR count). The molecule has 1 aliphatic rings. The van der Waals surface area contributed by atoms with Crippen LogP contribution < -0.4 is 10.6 Å². The predicted molar refractivity (Wildman–Crippen MR) is 114 cm³/mol. The second-order valence-electron chi connectivity index (χ2n) is 7.71. The van der Waals surface area contributed by atoms with Gasteiger partial charge in [0, 0.05) is 25.5 Å². The third-order valence-corrected chi connectivity index (χ3v) is 5.54. The number of hydrogen-bond donors (Lipinski definition) is 4. The number of nitrogens with one attached hydrogen (secondary N) is 2. The van der Waals surface area contributed by atoms with Gasteiger partial charge in [-0.3, -0.25) is 4.79 Å². The lowest BCUT2D eigenvalue weighted by molar-refractivity contribution is -0.182. The smallest absolute Gasteiger partial charge is 0.407 e. The number of rotatable bonds is 9. The zero-order valence-electron chi connectivity index (χ0n) is 17.8. The van der Waals surface area contributed by atoms with E-state index in [1.807, 2.05) is 53.8 Å². The highest BCUT2D eigenvalue weighted by molar-refractivity contribution is 5.86. The van der Waals surface area contributed by atoms with Crippen LogP contribution in [-0.2, 0) is 14.3 Å². The van der Waals surface area contributed by atoms with Crippen molar-refractivity contribution in [3.8, 4) is 11.1 Å². The Morgan fingerprint density at radius 3 is 2.06 bits per heavy atom. The van der Waals surface area contributed by atoms with Crippen LogP contribution in [0.15, 0.2) is 48.5 Å². The molecule has 2 unspecified atom stereocenters. The van der Waals surface area contributed by atoms with Crippen LogP contribution in [0.3, 0.4) is 0 Å². The highest BCUT2D eigenvalue weighted by Crippen LogP contribution is 2.44. The number of aliphatic hydroxyl groups is 1. The number of aliphatic hydroxyl groups excluding tert-OH is 1. The van der Waals surface area contributed by atoms with E-state index in [9.17, 15) is 27.6 Å². The van der Waals surface area contributed by atoms with E-state index < -0.39 is 55.7 Å². The maximum Gasteiger partial charge on any atom is 0.407 e. The Morgan fingerprint density at radius 2 is 1.56 bits per heavy atom. The Balaban J connectivity index is 1.62. The molecule has 0 heterocycles. The summed E-state index contributed by atoms with van der Waals surface area (Å²) in [5.74, 6) is -6.22. The van der Waals surface area contributed by atoms with E-state index >= 15 is 0 Å². The molecule has 8 nitrogen and oxygen atoms in total. The molecule has 0 bridgehead atoms. The fourth-order valence-electron chi connectivity index (χ4n) is 3.85. The van der Waals surface area contributed by atoms with Crippen molar-refractivity contribution in [2.24, 2.45) is 5.92 Å². The molecule has 2 aromatic rings. The zero-order chi connectivity index (χ0) is 24.9. The van der Waals surface area contributed by atoms with E-state index in [-0.39, 0.29) is 12.5 Å². The number of ether oxygens (including phenoxy) is 1. The Morgan fingerprint density at radius 1 is 1.00 bits per heavy atom. The summed E-state index contributed by atoms with van der Waals surface area (Å²) in [6, 6.07) is 13.4. The van der Waals surface area contributed by atoms with Crippen LogP contribution >= 0.6 is 0 Å². The second-order valence-corrected chi connectivity index (χ2v) is 7.71. The van der Waals surface area contributed by atoms with E-state index in [1.54, 1.807) is 5.32 Å². The highest BCUT2D eigenvalue weighted by Gasteiger charge is 2.46. The van der Waals surface area contributed by atoms with Gasteiger partial charge in [-0.2, -0.15) is 13.2 Å². The number of alkyl carbamates (subject to hydrolysis) is 1. The topological polar surface area (TPSA) is 125 Å². The minimum atomic E-state index is -5.05. The first kappa shape index (κ1) is 25.0. The first-order valence-electron chi connectivity index (χ1n) is 10.4. The molecule has 0 spiro atoms. The summed E-state index contributed by atoms with van der Waals surface area (Å²) < 4.78 is 45.3. The standard InChI is InChI=1S/C23H23F3N2O6/c24-23(25,26)18(20(30)28-19(9-10-29)21(31)32)11-27-22(33)34-12-17-15-7-3-1-5-13(15)14-6-2-4-8-16(14)17/h1-8,17-19,29H,9-12H2,(H,27,33)(H,28,30)(H,31,32). The number of alkyl halides is 3. The highest BCUT2D eigenvalue weighted by atomic mass is 19.4. The van der Waals surface area contributed by atoms with E-state index in [0.29, 0.717) is 0 Å². The van der Waals surface area contributed by atoms with Crippen molar-refractivity contribution >= 4 is 18.0 Å². The van der Waals surface area contributed by atoms with Crippen LogP contribution in [0, 0.1) is 5.92 Å². The number of aliphatic carboxylic acids is 1. The van der Waals surface area contributed by atoms with Crippen molar-refractivity contribution in [1.29, 1.82) is 0 Å². The third kappa shape index (κ3) is 5.66. The first-order valence-corrected chi connectivity index (χ1v) is 10.4. The molecule has 4 N–H and O–H groups in total. The molecule has 2 amide bonds. The molecule has 182 valence electrons. The number of amides is 2. The normalized spacial score (nSPS) is 14.5. The fraction of sp³-hybridized carbons (Fsp3) is 0.348. The van der Waals surface area contributed by atoms with E-state index in [0.717, 1.165) is 22.3 Å². The van der Waals surface area contributed by atoms with Crippen molar-refractivity contribution < 1.29 is 42.5 Å². The van der Waals surface area contributed by atoms with Crippen LogP contribution in [0.2, 0.25) is 0 Å². The molecule has 0 radical (unpaired) electrons. The molecule has 2 atom stereocenters. The Hall–Kier alpha value is -3.60. The summed E-state index contributed by atoms with van der Waals surface area (Å²) in [6.07, 6.45) is -6.66. The van der Waals surface area contributed by atoms with Crippen molar-refractivity contribution in [1.82, 2.24) is 10.6 Å². The van der Waals surface area contributed by atoms with Crippen LogP contribution in [0.5, 0.6) is 0 Å². The number of halogens is 3. The van der Waals surface area contributed by atoms with Gasteiger partial charge >= 0.3 is 18.2 Å². The Labute approximate surface area is 192 Å². The molecule has 1 aliphatic carbocycles. The quantitative estimate of drug-likeness (QED) is 0.437. The first-order chi connectivity index (χ1) is 16.1. The molecular formula is C23H23F3N2O6. The van der Waals surface area contributed by atoms with Crippen molar-refractivity contribution in [2.45, 2.75) is 24.6 Å². The lowest BCUT2D eigenvalue weighted by Gasteiger charge is -2.22. The average molecular weight is 480 g/mol. The summed E-state index contributed by atoms with van der Waals surface area (Å²) in [5, 5.41) is 21.5. The molecule has 0 saturated carbocycles. The van der Waals surface area contributed by atoms with Gasteiger partial charge in [0.1, 0.15) is 12.6 Å². The molecule has 11 heteroatoms. The van der Waals surface area contributed by atoms with Gasteiger partial charge in [-0.15, -0.1) is 0 Å². The van der Waals surface area contributed by atoms with Crippen LogP contribution in [0.4, 0.5) is 18.0 Å². The summed E-state index contributed by atoms with van der Waals surface area (Å²) in [4.78, 5) is 35.3. The third-order valence-electron chi connectivity index (χ3n) is 5.54.